The third kappa shape index (κ3) is 2.07. The summed E-state index contributed by atoms with van der Waals surface area (Å²) in [6.07, 6.45) is -4.58. The summed E-state index contributed by atoms with van der Waals surface area (Å²) >= 11 is 0. The molecule has 1 saturated heterocycles. The van der Waals surface area contributed by atoms with Gasteiger partial charge in [0.05, 0.1) is 19.3 Å². The molecule has 0 amide bonds. The van der Waals surface area contributed by atoms with Crippen LogP contribution >= 0.6 is 0 Å². The molecule has 0 N–H and O–H groups in total. The smallest absolute Gasteiger partial charge is 0.419 e. The van der Waals surface area contributed by atoms with Crippen molar-refractivity contribution >= 4 is 0 Å². The summed E-state index contributed by atoms with van der Waals surface area (Å²) < 4.78 is 47.3. The summed E-state index contributed by atoms with van der Waals surface area (Å²) in [4.78, 5) is 0. The van der Waals surface area contributed by atoms with Crippen molar-refractivity contribution < 1.29 is 22.6 Å². The molecule has 0 saturated carbocycles. The number of alkyl halides is 3. The Balaban J connectivity index is 2.42. The zero-order valence-electron chi connectivity index (χ0n) is 7.97. The zero-order chi connectivity index (χ0) is 11.1. The van der Waals surface area contributed by atoms with Gasteiger partial charge in [0.15, 0.2) is 0 Å². The summed E-state index contributed by atoms with van der Waals surface area (Å²) in [6, 6.07) is 3.99. The normalized spacial score (nSPS) is 20.1. The van der Waals surface area contributed by atoms with E-state index in [4.69, 9.17) is 4.74 Å². The molecule has 1 atom stereocenters. The second-order valence-corrected chi connectivity index (χ2v) is 3.28. The maximum atomic E-state index is 12.6. The largest absolute Gasteiger partial charge is 0.496 e. The van der Waals surface area contributed by atoms with Crippen molar-refractivity contribution in [1.82, 2.24) is 0 Å². The van der Waals surface area contributed by atoms with Crippen LogP contribution in [0.4, 0.5) is 13.2 Å². The Morgan fingerprint density at radius 2 is 2.07 bits per heavy atom. The molecule has 1 aliphatic heterocycles. The Labute approximate surface area is 84.6 Å². The molecule has 0 aromatic heterocycles. The van der Waals surface area contributed by atoms with Crippen LogP contribution in [0.15, 0.2) is 18.2 Å². The first-order valence-corrected chi connectivity index (χ1v) is 4.39. The molecule has 2 rings (SSSR count). The Morgan fingerprint density at radius 3 is 2.53 bits per heavy atom. The van der Waals surface area contributed by atoms with Crippen LogP contribution in [0.3, 0.4) is 0 Å². The molecule has 0 spiro atoms. The van der Waals surface area contributed by atoms with Gasteiger partial charge in [-0.1, -0.05) is 6.07 Å². The average Bonchev–Trinajstić information content (AvgIpc) is 2.98. The van der Waals surface area contributed by atoms with Crippen molar-refractivity contribution in [2.24, 2.45) is 0 Å². The minimum Gasteiger partial charge on any atom is -0.496 e. The van der Waals surface area contributed by atoms with Crippen LogP contribution in [0.1, 0.15) is 17.2 Å². The second-order valence-electron chi connectivity index (χ2n) is 3.28. The molecule has 2 nitrogen and oxygen atoms in total. The lowest BCUT2D eigenvalue weighted by Crippen LogP contribution is -2.08. The molecule has 1 fully saturated rings. The van der Waals surface area contributed by atoms with Gasteiger partial charge in [-0.15, -0.1) is 0 Å². The summed E-state index contributed by atoms with van der Waals surface area (Å²) in [5.41, 5.74) is -0.207. The summed E-state index contributed by atoms with van der Waals surface area (Å²) in [7, 11) is 1.22. The fraction of sp³-hybridized carbons (Fsp3) is 0.400. The number of hydrogen-bond acceptors (Lipinski definition) is 2. The van der Waals surface area contributed by atoms with Gasteiger partial charge < -0.3 is 9.47 Å². The summed E-state index contributed by atoms with van der Waals surface area (Å²) in [6.45, 7) is 0.490. The minimum atomic E-state index is -4.39. The number of rotatable bonds is 2. The number of halogens is 3. The van der Waals surface area contributed by atoms with Gasteiger partial charge in [0.1, 0.15) is 11.9 Å². The predicted octanol–water partition coefficient (Wildman–Crippen LogP) is 2.79. The highest BCUT2D eigenvalue weighted by Crippen LogP contribution is 2.40. The number of ether oxygens (including phenoxy) is 2. The van der Waals surface area contributed by atoms with Gasteiger partial charge in [-0.3, -0.25) is 0 Å². The Morgan fingerprint density at radius 1 is 1.40 bits per heavy atom. The molecule has 5 heteroatoms. The number of hydrogen-bond donors (Lipinski definition) is 0. The Hall–Kier alpha value is -1.23. The third-order valence-electron chi connectivity index (χ3n) is 2.23. The zero-order valence-corrected chi connectivity index (χ0v) is 7.97. The van der Waals surface area contributed by atoms with E-state index in [1.165, 1.54) is 13.2 Å². The standard InChI is InChI=1S/C10H9F3O2/c1-14-8-3-2-6(9-5-15-9)4-7(8)10(11,12)13/h2-4,9H,5H2,1H3. The molecule has 15 heavy (non-hydrogen) atoms. The number of methoxy groups -OCH3 is 1. The third-order valence-corrected chi connectivity index (χ3v) is 2.23. The molecule has 1 heterocycles. The van der Waals surface area contributed by atoms with Crippen LogP contribution < -0.4 is 4.74 Å². The van der Waals surface area contributed by atoms with E-state index in [0.717, 1.165) is 6.07 Å². The SMILES string of the molecule is COc1ccc(C2CO2)cc1C(F)(F)F. The van der Waals surface area contributed by atoms with Crippen molar-refractivity contribution in [2.45, 2.75) is 12.3 Å². The van der Waals surface area contributed by atoms with Crippen LogP contribution in [0.2, 0.25) is 0 Å². The maximum Gasteiger partial charge on any atom is 0.419 e. The van der Waals surface area contributed by atoms with E-state index in [9.17, 15) is 13.2 Å². The predicted molar refractivity (Wildman–Crippen MR) is 46.7 cm³/mol. The first-order valence-electron chi connectivity index (χ1n) is 4.39. The molecule has 1 aromatic rings. The maximum absolute atomic E-state index is 12.6. The fourth-order valence-electron chi connectivity index (χ4n) is 1.39. The van der Waals surface area contributed by atoms with Gasteiger partial charge in [0.25, 0.3) is 0 Å². The van der Waals surface area contributed by atoms with Crippen LogP contribution in [0.5, 0.6) is 5.75 Å². The first kappa shape index (κ1) is 10.3. The highest BCUT2D eigenvalue weighted by atomic mass is 19.4. The van der Waals surface area contributed by atoms with E-state index < -0.39 is 11.7 Å². The van der Waals surface area contributed by atoms with Gasteiger partial charge >= 0.3 is 6.18 Å². The lowest BCUT2D eigenvalue weighted by molar-refractivity contribution is -0.138. The van der Waals surface area contributed by atoms with E-state index in [1.807, 2.05) is 0 Å². The lowest BCUT2D eigenvalue weighted by Gasteiger charge is -2.12. The molecule has 0 aliphatic carbocycles. The molecule has 1 aromatic carbocycles. The van der Waals surface area contributed by atoms with Crippen LogP contribution in [0, 0.1) is 0 Å². The first-order chi connectivity index (χ1) is 7.02. The molecule has 1 aliphatic rings. The van der Waals surface area contributed by atoms with E-state index in [2.05, 4.69) is 4.74 Å². The van der Waals surface area contributed by atoms with E-state index in [0.29, 0.717) is 12.2 Å². The molecular weight excluding hydrogens is 209 g/mol. The van der Waals surface area contributed by atoms with Crippen molar-refractivity contribution in [3.05, 3.63) is 29.3 Å². The molecule has 0 bridgehead atoms. The highest BCUT2D eigenvalue weighted by Gasteiger charge is 2.36. The molecule has 82 valence electrons. The lowest BCUT2D eigenvalue weighted by atomic mass is 10.1. The van der Waals surface area contributed by atoms with Gasteiger partial charge in [0.2, 0.25) is 0 Å². The van der Waals surface area contributed by atoms with Gasteiger partial charge in [-0.05, 0) is 17.7 Å². The quantitative estimate of drug-likeness (QED) is 0.712. The monoisotopic (exact) mass is 218 g/mol. The van der Waals surface area contributed by atoms with E-state index in [-0.39, 0.29) is 11.9 Å². The number of epoxide rings is 1. The Kier molecular flexibility index (Phi) is 2.34. The number of benzene rings is 1. The van der Waals surface area contributed by atoms with Gasteiger partial charge in [0, 0.05) is 0 Å². The van der Waals surface area contributed by atoms with Gasteiger partial charge in [-0.25, -0.2) is 0 Å². The van der Waals surface area contributed by atoms with Crippen LogP contribution in [-0.4, -0.2) is 13.7 Å². The van der Waals surface area contributed by atoms with Crippen LogP contribution in [0.25, 0.3) is 0 Å². The topological polar surface area (TPSA) is 21.8 Å². The molecular formula is C10H9F3O2. The van der Waals surface area contributed by atoms with E-state index in [1.54, 1.807) is 6.07 Å². The Bertz CT molecular complexity index is 369. The fourth-order valence-corrected chi connectivity index (χ4v) is 1.39. The van der Waals surface area contributed by atoms with Crippen molar-refractivity contribution in [3.63, 3.8) is 0 Å². The van der Waals surface area contributed by atoms with E-state index >= 15 is 0 Å². The molecule has 0 radical (unpaired) electrons. The van der Waals surface area contributed by atoms with Crippen molar-refractivity contribution in [2.75, 3.05) is 13.7 Å². The molecule has 1 unspecified atom stereocenters. The average molecular weight is 218 g/mol. The minimum absolute atomic E-state index is 0.160. The van der Waals surface area contributed by atoms with Crippen LogP contribution in [-0.2, 0) is 10.9 Å². The summed E-state index contributed by atoms with van der Waals surface area (Å²) in [5, 5.41) is 0. The second kappa shape index (κ2) is 3.41. The highest BCUT2D eigenvalue weighted by molar-refractivity contribution is 5.40. The summed E-state index contributed by atoms with van der Waals surface area (Å²) in [5.74, 6) is -0.160. The van der Waals surface area contributed by atoms with Gasteiger partial charge in [-0.2, -0.15) is 13.2 Å². The van der Waals surface area contributed by atoms with Crippen molar-refractivity contribution in [3.8, 4) is 5.75 Å². The van der Waals surface area contributed by atoms with Crippen molar-refractivity contribution in [1.29, 1.82) is 0 Å².